The molecule has 0 fully saturated rings. The lowest BCUT2D eigenvalue weighted by atomic mass is 10.0. The molecule has 0 aromatic heterocycles. The third-order valence-electron chi connectivity index (χ3n) is 4.43. The van der Waals surface area contributed by atoms with Gasteiger partial charge in [0.05, 0.1) is 5.56 Å². The van der Waals surface area contributed by atoms with Crippen LogP contribution < -0.4 is 5.32 Å². The normalized spacial score (nSPS) is 10.8. The molecule has 0 atom stereocenters. The fraction of sp³-hybridized carbons (Fsp3) is 0.409. The monoisotopic (exact) mass is 339 g/mol. The number of hydrogen-bond acceptors (Lipinski definition) is 2. The van der Waals surface area contributed by atoms with Gasteiger partial charge in [-0.2, -0.15) is 0 Å². The van der Waals surface area contributed by atoms with E-state index in [2.05, 4.69) is 36.5 Å². The zero-order valence-electron chi connectivity index (χ0n) is 15.3. The minimum Gasteiger partial charge on any atom is -0.478 e. The van der Waals surface area contributed by atoms with Gasteiger partial charge < -0.3 is 10.4 Å². The summed E-state index contributed by atoms with van der Waals surface area (Å²) in [5.74, 6) is -0.841. The second kappa shape index (κ2) is 10.00. The third-order valence-corrected chi connectivity index (χ3v) is 4.43. The Balaban J connectivity index is 1.79. The molecule has 0 aliphatic heterocycles. The van der Waals surface area contributed by atoms with Crippen LogP contribution in [0.3, 0.4) is 0 Å². The predicted molar refractivity (Wildman–Crippen MR) is 103 cm³/mol. The van der Waals surface area contributed by atoms with Gasteiger partial charge in [-0.15, -0.1) is 0 Å². The van der Waals surface area contributed by atoms with Crippen molar-refractivity contribution in [3.05, 3.63) is 70.3 Å². The Morgan fingerprint density at radius 1 is 1.04 bits per heavy atom. The fourth-order valence-electron chi connectivity index (χ4n) is 3.05. The number of carboxylic acid groups (broad SMARTS) is 1. The molecular formula is C22H29NO2. The van der Waals surface area contributed by atoms with Gasteiger partial charge >= 0.3 is 5.97 Å². The number of nitrogens with one attached hydrogen (secondary N) is 1. The lowest BCUT2D eigenvalue weighted by molar-refractivity contribution is 0.0695. The summed E-state index contributed by atoms with van der Waals surface area (Å²) in [6, 6.07) is 14.3. The molecule has 0 heterocycles. The summed E-state index contributed by atoms with van der Waals surface area (Å²) in [5.41, 5.74) is 5.18. The van der Waals surface area contributed by atoms with Crippen LogP contribution in [-0.2, 0) is 19.4 Å². The highest BCUT2D eigenvalue weighted by Gasteiger charge is 2.09. The molecule has 3 nitrogen and oxygen atoms in total. The Morgan fingerprint density at radius 3 is 2.60 bits per heavy atom. The van der Waals surface area contributed by atoms with E-state index < -0.39 is 5.97 Å². The summed E-state index contributed by atoms with van der Waals surface area (Å²) in [4.78, 5) is 11.3. The molecule has 25 heavy (non-hydrogen) atoms. The van der Waals surface area contributed by atoms with Crippen LogP contribution in [0, 0.1) is 6.92 Å². The van der Waals surface area contributed by atoms with Crippen molar-refractivity contribution in [2.24, 2.45) is 0 Å². The quantitative estimate of drug-likeness (QED) is 0.614. The van der Waals surface area contributed by atoms with Gasteiger partial charge in [0.15, 0.2) is 0 Å². The Kier molecular flexibility index (Phi) is 7.68. The van der Waals surface area contributed by atoms with Crippen molar-refractivity contribution in [3.8, 4) is 0 Å². The van der Waals surface area contributed by atoms with Gasteiger partial charge in [0, 0.05) is 6.54 Å². The maximum absolute atomic E-state index is 11.3. The van der Waals surface area contributed by atoms with E-state index in [0.29, 0.717) is 5.56 Å². The first-order valence-electron chi connectivity index (χ1n) is 9.21. The van der Waals surface area contributed by atoms with Gasteiger partial charge in [-0.3, -0.25) is 0 Å². The Morgan fingerprint density at radius 2 is 1.84 bits per heavy atom. The summed E-state index contributed by atoms with van der Waals surface area (Å²) >= 11 is 0. The summed E-state index contributed by atoms with van der Waals surface area (Å²) in [6.07, 6.45) is 5.32. The molecule has 2 aromatic rings. The molecule has 0 spiro atoms. The maximum Gasteiger partial charge on any atom is 0.335 e. The molecule has 0 unspecified atom stereocenters. The number of benzene rings is 2. The second-order valence-corrected chi connectivity index (χ2v) is 6.67. The van der Waals surface area contributed by atoms with Crippen molar-refractivity contribution >= 4 is 5.97 Å². The first-order chi connectivity index (χ1) is 12.1. The molecule has 0 aliphatic rings. The molecular weight excluding hydrogens is 310 g/mol. The van der Waals surface area contributed by atoms with Crippen LogP contribution in [0.15, 0.2) is 42.5 Å². The summed E-state index contributed by atoms with van der Waals surface area (Å²) in [5, 5.41) is 12.8. The average molecular weight is 339 g/mol. The molecule has 0 saturated heterocycles. The van der Waals surface area contributed by atoms with E-state index >= 15 is 0 Å². The molecule has 2 N–H and O–H groups in total. The van der Waals surface area contributed by atoms with Crippen LogP contribution >= 0.6 is 0 Å². The predicted octanol–water partition coefficient (Wildman–Crippen LogP) is 4.76. The zero-order chi connectivity index (χ0) is 18.1. The Labute approximate surface area is 151 Å². The lowest BCUT2D eigenvalue weighted by Crippen LogP contribution is -2.16. The van der Waals surface area contributed by atoms with Crippen molar-refractivity contribution in [1.29, 1.82) is 0 Å². The highest BCUT2D eigenvalue weighted by molar-refractivity contribution is 5.89. The number of hydrogen-bond donors (Lipinski definition) is 2. The minimum absolute atomic E-state index is 0.425. The summed E-state index contributed by atoms with van der Waals surface area (Å²) in [6.45, 7) is 5.96. The average Bonchev–Trinajstić information content (AvgIpc) is 2.60. The van der Waals surface area contributed by atoms with Crippen molar-refractivity contribution in [2.75, 3.05) is 6.54 Å². The van der Waals surface area contributed by atoms with Gasteiger partial charge in [-0.25, -0.2) is 4.79 Å². The Hall–Kier alpha value is -2.13. The fourth-order valence-corrected chi connectivity index (χ4v) is 3.05. The van der Waals surface area contributed by atoms with Crippen molar-refractivity contribution in [1.82, 2.24) is 5.32 Å². The SMILES string of the molecule is CCCCc1cccc(CNCCCc2cc(C)ccc2C(=O)O)c1. The van der Waals surface area contributed by atoms with Crippen molar-refractivity contribution in [2.45, 2.75) is 52.5 Å². The lowest BCUT2D eigenvalue weighted by Gasteiger charge is -2.09. The van der Waals surface area contributed by atoms with Gasteiger partial charge in [0.25, 0.3) is 0 Å². The standard InChI is InChI=1S/C22H29NO2/c1-3-4-7-18-8-5-9-19(15-18)16-23-13-6-10-20-14-17(2)11-12-21(20)22(24)25/h5,8-9,11-12,14-15,23H,3-4,6-7,10,13,16H2,1-2H3,(H,24,25). The number of carboxylic acids is 1. The third kappa shape index (κ3) is 6.35. The summed E-state index contributed by atoms with van der Waals surface area (Å²) < 4.78 is 0. The molecule has 0 saturated carbocycles. The van der Waals surface area contributed by atoms with E-state index in [1.807, 2.05) is 19.1 Å². The van der Waals surface area contributed by atoms with Crippen molar-refractivity contribution in [3.63, 3.8) is 0 Å². The largest absolute Gasteiger partial charge is 0.478 e. The molecule has 2 aromatic carbocycles. The first kappa shape index (κ1) is 19.2. The molecule has 0 amide bonds. The topological polar surface area (TPSA) is 49.3 Å². The molecule has 0 radical (unpaired) electrons. The van der Waals surface area contributed by atoms with Crippen LogP contribution in [0.25, 0.3) is 0 Å². The van der Waals surface area contributed by atoms with Crippen LogP contribution in [0.2, 0.25) is 0 Å². The summed E-state index contributed by atoms with van der Waals surface area (Å²) in [7, 11) is 0. The van der Waals surface area contributed by atoms with Crippen LogP contribution in [-0.4, -0.2) is 17.6 Å². The molecule has 2 rings (SSSR count). The van der Waals surface area contributed by atoms with Gasteiger partial charge in [0.2, 0.25) is 0 Å². The van der Waals surface area contributed by atoms with E-state index in [1.165, 1.54) is 24.0 Å². The smallest absolute Gasteiger partial charge is 0.335 e. The molecule has 0 aliphatic carbocycles. The molecule has 3 heteroatoms. The minimum atomic E-state index is -0.841. The molecule has 0 bridgehead atoms. The second-order valence-electron chi connectivity index (χ2n) is 6.67. The van der Waals surface area contributed by atoms with Gasteiger partial charge in [-0.1, -0.05) is 55.3 Å². The first-order valence-corrected chi connectivity index (χ1v) is 9.21. The van der Waals surface area contributed by atoms with E-state index in [1.54, 1.807) is 6.07 Å². The van der Waals surface area contributed by atoms with Crippen LogP contribution in [0.1, 0.15) is 58.8 Å². The number of rotatable bonds is 10. The Bertz CT molecular complexity index is 694. The number of aromatic carboxylic acids is 1. The van der Waals surface area contributed by atoms with Gasteiger partial charge in [-0.05, 0) is 61.9 Å². The number of unbranched alkanes of at least 4 members (excludes halogenated alkanes) is 1. The number of aryl methyl sites for hydroxylation is 3. The number of carbonyl (C=O) groups is 1. The van der Waals surface area contributed by atoms with Crippen LogP contribution in [0.5, 0.6) is 0 Å². The van der Waals surface area contributed by atoms with E-state index in [9.17, 15) is 9.90 Å². The van der Waals surface area contributed by atoms with Crippen molar-refractivity contribution < 1.29 is 9.90 Å². The molecule has 134 valence electrons. The van der Waals surface area contributed by atoms with E-state index in [-0.39, 0.29) is 0 Å². The maximum atomic E-state index is 11.3. The highest BCUT2D eigenvalue weighted by atomic mass is 16.4. The highest BCUT2D eigenvalue weighted by Crippen LogP contribution is 2.14. The zero-order valence-corrected chi connectivity index (χ0v) is 15.3. The van der Waals surface area contributed by atoms with Crippen LogP contribution in [0.4, 0.5) is 0 Å². The van der Waals surface area contributed by atoms with E-state index in [4.69, 9.17) is 0 Å². The van der Waals surface area contributed by atoms with Gasteiger partial charge in [0.1, 0.15) is 0 Å². The van der Waals surface area contributed by atoms with E-state index in [0.717, 1.165) is 43.5 Å².